The Bertz CT molecular complexity index is 697. The summed E-state index contributed by atoms with van der Waals surface area (Å²) in [5.74, 6) is 1.10. The molecule has 0 aromatic carbocycles. The summed E-state index contributed by atoms with van der Waals surface area (Å²) in [7, 11) is 3.96. The zero-order valence-corrected chi connectivity index (χ0v) is 14.6. The highest BCUT2D eigenvalue weighted by atomic mass is 32.1. The lowest BCUT2D eigenvalue weighted by Gasteiger charge is -2.25. The molecule has 1 fully saturated rings. The van der Waals surface area contributed by atoms with E-state index in [4.69, 9.17) is 0 Å². The average Bonchev–Trinajstić information content (AvgIpc) is 3.16. The first-order valence-electron chi connectivity index (χ1n) is 7.88. The van der Waals surface area contributed by atoms with Crippen molar-refractivity contribution in [3.05, 3.63) is 40.0 Å². The van der Waals surface area contributed by atoms with Crippen LogP contribution in [0.1, 0.15) is 35.1 Å². The van der Waals surface area contributed by atoms with Gasteiger partial charge in [-0.05, 0) is 37.5 Å². The maximum atomic E-state index is 12.7. The molecular weight excluding hydrogens is 308 g/mol. The molecule has 6 heteroatoms. The molecule has 0 bridgehead atoms. The molecule has 1 amide bonds. The summed E-state index contributed by atoms with van der Waals surface area (Å²) in [6, 6.07) is 4.27. The molecule has 0 N–H and O–H groups in total. The van der Waals surface area contributed by atoms with E-state index >= 15 is 0 Å². The number of thiazole rings is 1. The molecule has 5 nitrogen and oxygen atoms in total. The van der Waals surface area contributed by atoms with Crippen LogP contribution in [-0.4, -0.2) is 41.4 Å². The average molecular weight is 330 g/mol. The molecule has 0 unspecified atom stereocenters. The lowest BCUT2D eigenvalue weighted by atomic mass is 10.1. The second-order valence-electron chi connectivity index (χ2n) is 6.12. The summed E-state index contributed by atoms with van der Waals surface area (Å²) < 4.78 is 0. The number of likely N-dealkylation sites (tertiary alicyclic amines) is 1. The molecule has 0 radical (unpaired) electrons. The predicted octanol–water partition coefficient (Wildman–Crippen LogP) is 2.82. The molecule has 3 heterocycles. The molecule has 23 heavy (non-hydrogen) atoms. The second-order valence-corrected chi connectivity index (χ2v) is 7.18. The molecule has 1 saturated heterocycles. The van der Waals surface area contributed by atoms with Crippen LogP contribution in [0.3, 0.4) is 0 Å². The Morgan fingerprint density at radius 3 is 3.00 bits per heavy atom. The third-order valence-electron chi connectivity index (χ3n) is 4.18. The van der Waals surface area contributed by atoms with E-state index in [2.05, 4.69) is 16.0 Å². The number of anilines is 1. The normalized spacial score (nSPS) is 17.5. The number of amides is 1. The van der Waals surface area contributed by atoms with Crippen LogP contribution in [0.4, 0.5) is 5.82 Å². The van der Waals surface area contributed by atoms with Gasteiger partial charge in [-0.25, -0.2) is 9.97 Å². The number of aromatic nitrogens is 2. The predicted molar refractivity (Wildman–Crippen MR) is 92.8 cm³/mol. The quantitative estimate of drug-likeness (QED) is 0.865. The van der Waals surface area contributed by atoms with Crippen LogP contribution >= 0.6 is 11.3 Å². The van der Waals surface area contributed by atoms with E-state index in [0.717, 1.165) is 35.9 Å². The third-order valence-corrected chi connectivity index (χ3v) is 5.01. The Kier molecular flexibility index (Phi) is 4.61. The summed E-state index contributed by atoms with van der Waals surface area (Å²) in [5.41, 5.74) is 2.05. The van der Waals surface area contributed by atoms with Gasteiger partial charge in [0.05, 0.1) is 23.2 Å². The number of rotatable bonds is 4. The van der Waals surface area contributed by atoms with E-state index < -0.39 is 0 Å². The molecule has 0 spiro atoms. The minimum atomic E-state index is 0.156. The van der Waals surface area contributed by atoms with Crippen LogP contribution in [0.5, 0.6) is 0 Å². The molecule has 1 aliphatic rings. The summed E-state index contributed by atoms with van der Waals surface area (Å²) in [5, 5.41) is 2.99. The van der Waals surface area contributed by atoms with E-state index in [0.29, 0.717) is 6.42 Å². The van der Waals surface area contributed by atoms with Crippen molar-refractivity contribution < 1.29 is 4.79 Å². The lowest BCUT2D eigenvalue weighted by molar-refractivity contribution is -0.131. The molecular formula is C17H22N4OS. The van der Waals surface area contributed by atoms with Crippen LogP contribution in [0.15, 0.2) is 23.7 Å². The lowest BCUT2D eigenvalue weighted by Crippen LogP contribution is -2.32. The summed E-state index contributed by atoms with van der Waals surface area (Å²) >= 11 is 1.60. The van der Waals surface area contributed by atoms with Crippen molar-refractivity contribution >= 4 is 23.1 Å². The highest BCUT2D eigenvalue weighted by Crippen LogP contribution is 2.33. The largest absolute Gasteiger partial charge is 0.363 e. The van der Waals surface area contributed by atoms with E-state index in [9.17, 15) is 4.79 Å². The monoisotopic (exact) mass is 330 g/mol. The van der Waals surface area contributed by atoms with Crippen molar-refractivity contribution in [2.45, 2.75) is 32.2 Å². The van der Waals surface area contributed by atoms with Gasteiger partial charge in [-0.1, -0.05) is 0 Å². The van der Waals surface area contributed by atoms with Crippen molar-refractivity contribution in [2.75, 3.05) is 25.5 Å². The number of pyridine rings is 1. The van der Waals surface area contributed by atoms with Crippen LogP contribution in [0, 0.1) is 6.92 Å². The fraction of sp³-hybridized carbons (Fsp3) is 0.471. The Labute approximate surface area is 141 Å². The molecule has 3 rings (SSSR count). The Morgan fingerprint density at radius 2 is 2.30 bits per heavy atom. The van der Waals surface area contributed by atoms with Gasteiger partial charge >= 0.3 is 0 Å². The van der Waals surface area contributed by atoms with Gasteiger partial charge in [-0.2, -0.15) is 0 Å². The first kappa shape index (κ1) is 15.9. The molecule has 1 atom stereocenters. The van der Waals surface area contributed by atoms with Gasteiger partial charge < -0.3 is 9.80 Å². The molecule has 1 aliphatic heterocycles. The van der Waals surface area contributed by atoms with Gasteiger partial charge in [0.2, 0.25) is 5.91 Å². The first-order valence-corrected chi connectivity index (χ1v) is 8.76. The summed E-state index contributed by atoms with van der Waals surface area (Å²) in [6.07, 6.45) is 4.28. The van der Waals surface area contributed by atoms with Crippen LogP contribution in [0.25, 0.3) is 0 Å². The summed E-state index contributed by atoms with van der Waals surface area (Å²) in [4.78, 5) is 25.5. The van der Waals surface area contributed by atoms with Gasteiger partial charge in [0.15, 0.2) is 0 Å². The maximum absolute atomic E-state index is 12.7. The van der Waals surface area contributed by atoms with Gasteiger partial charge in [-0.15, -0.1) is 11.3 Å². The van der Waals surface area contributed by atoms with Crippen molar-refractivity contribution in [2.24, 2.45) is 0 Å². The van der Waals surface area contributed by atoms with Crippen LogP contribution in [0.2, 0.25) is 0 Å². The van der Waals surface area contributed by atoms with E-state index in [1.807, 2.05) is 48.5 Å². The highest BCUT2D eigenvalue weighted by molar-refractivity contribution is 7.09. The highest BCUT2D eigenvalue weighted by Gasteiger charge is 2.30. The van der Waals surface area contributed by atoms with Crippen molar-refractivity contribution in [1.82, 2.24) is 14.9 Å². The number of aryl methyl sites for hydroxylation is 1. The Morgan fingerprint density at radius 1 is 1.48 bits per heavy atom. The minimum Gasteiger partial charge on any atom is -0.363 e. The smallest absolute Gasteiger partial charge is 0.229 e. The standard InChI is InChI=1S/C17H22N4OS/c1-12-19-14(11-23-12)10-17(22)21-8-4-5-15(21)13-6-7-18-16(9-13)20(2)3/h6-7,9,11,15H,4-5,8,10H2,1-3H3/t15-/m1/s1. The Hall–Kier alpha value is -1.95. The summed E-state index contributed by atoms with van der Waals surface area (Å²) in [6.45, 7) is 2.79. The molecule has 0 aliphatic carbocycles. The Balaban J connectivity index is 1.77. The number of hydrogen-bond donors (Lipinski definition) is 0. The van der Waals surface area contributed by atoms with Gasteiger partial charge in [0.25, 0.3) is 0 Å². The third kappa shape index (κ3) is 3.52. The fourth-order valence-electron chi connectivity index (χ4n) is 3.04. The fourth-order valence-corrected chi connectivity index (χ4v) is 3.66. The number of nitrogens with zero attached hydrogens (tertiary/aromatic N) is 4. The topological polar surface area (TPSA) is 49.3 Å². The second kappa shape index (κ2) is 6.66. The van der Waals surface area contributed by atoms with Crippen molar-refractivity contribution in [1.29, 1.82) is 0 Å². The van der Waals surface area contributed by atoms with Crippen LogP contribution in [-0.2, 0) is 11.2 Å². The zero-order valence-electron chi connectivity index (χ0n) is 13.8. The van der Waals surface area contributed by atoms with E-state index in [-0.39, 0.29) is 11.9 Å². The van der Waals surface area contributed by atoms with Crippen LogP contribution < -0.4 is 4.90 Å². The maximum Gasteiger partial charge on any atom is 0.229 e. The number of carbonyl (C=O) groups excluding carboxylic acids is 1. The minimum absolute atomic E-state index is 0.156. The van der Waals surface area contributed by atoms with E-state index in [1.54, 1.807) is 11.3 Å². The number of carbonyl (C=O) groups is 1. The van der Waals surface area contributed by atoms with Gasteiger partial charge in [-0.3, -0.25) is 4.79 Å². The number of hydrogen-bond acceptors (Lipinski definition) is 5. The van der Waals surface area contributed by atoms with Crippen molar-refractivity contribution in [3.63, 3.8) is 0 Å². The molecule has 0 saturated carbocycles. The molecule has 2 aromatic heterocycles. The SMILES string of the molecule is Cc1nc(CC(=O)N2CCC[C@@H]2c2ccnc(N(C)C)c2)cs1. The van der Waals surface area contributed by atoms with Crippen molar-refractivity contribution in [3.8, 4) is 0 Å². The van der Waals surface area contributed by atoms with E-state index in [1.165, 1.54) is 5.56 Å². The first-order chi connectivity index (χ1) is 11.0. The molecule has 122 valence electrons. The zero-order chi connectivity index (χ0) is 16.4. The molecule has 2 aromatic rings. The van der Waals surface area contributed by atoms with Gasteiger partial charge in [0.1, 0.15) is 5.82 Å². The van der Waals surface area contributed by atoms with Gasteiger partial charge in [0, 0.05) is 32.2 Å².